The molecule has 1 saturated carbocycles. The molecule has 0 aromatic rings. The van der Waals surface area contributed by atoms with Gasteiger partial charge in [0.25, 0.3) is 0 Å². The van der Waals surface area contributed by atoms with E-state index in [1.807, 2.05) is 0 Å². The van der Waals surface area contributed by atoms with Gasteiger partial charge in [-0.15, -0.1) is 0 Å². The largest absolute Gasteiger partial charge is 0.494 e. The van der Waals surface area contributed by atoms with E-state index in [2.05, 4.69) is 0 Å². The van der Waals surface area contributed by atoms with E-state index in [0.29, 0.717) is 0 Å². The Bertz CT molecular complexity index is 167. The highest BCUT2D eigenvalue weighted by Gasteiger charge is 2.34. The fourth-order valence-electron chi connectivity index (χ4n) is 2.08. The van der Waals surface area contributed by atoms with Crippen LogP contribution < -0.4 is 0 Å². The van der Waals surface area contributed by atoms with Crippen LogP contribution in [0.15, 0.2) is 12.5 Å². The monoisotopic (exact) mass is 168 g/mol. The molecule has 2 aliphatic rings. The van der Waals surface area contributed by atoms with Crippen LogP contribution in [0.5, 0.6) is 0 Å². The molecule has 1 aliphatic heterocycles. The number of hydrogen-bond acceptors (Lipinski definition) is 2. The number of ether oxygens (including phenoxy) is 2. The molecule has 0 radical (unpaired) electrons. The summed E-state index contributed by atoms with van der Waals surface area (Å²) in [7, 11) is 0. The first kappa shape index (κ1) is 7.96. The number of hydrogen-bond donors (Lipinski definition) is 0. The van der Waals surface area contributed by atoms with E-state index in [1.165, 1.54) is 25.7 Å². The standard InChI is InChI=1S/C10H16O2/c1-2-4-6-10(5-3-1)9-11-7-8-12-10/h7-8H,1-6,9H2. The number of rotatable bonds is 0. The van der Waals surface area contributed by atoms with Crippen molar-refractivity contribution >= 4 is 0 Å². The van der Waals surface area contributed by atoms with E-state index in [0.717, 1.165) is 19.4 Å². The maximum atomic E-state index is 5.68. The zero-order chi connectivity index (χ0) is 8.28. The van der Waals surface area contributed by atoms with Gasteiger partial charge in [0.1, 0.15) is 24.7 Å². The van der Waals surface area contributed by atoms with Crippen LogP contribution in [0.1, 0.15) is 38.5 Å². The van der Waals surface area contributed by atoms with Crippen LogP contribution in [0.2, 0.25) is 0 Å². The fraction of sp³-hybridized carbons (Fsp3) is 0.800. The average Bonchev–Trinajstić information content (AvgIpc) is 2.33. The van der Waals surface area contributed by atoms with Crippen molar-refractivity contribution in [2.75, 3.05) is 6.61 Å². The lowest BCUT2D eigenvalue weighted by Gasteiger charge is -2.33. The molecule has 0 aromatic heterocycles. The molecular weight excluding hydrogens is 152 g/mol. The molecule has 1 spiro atoms. The highest BCUT2D eigenvalue weighted by Crippen LogP contribution is 2.32. The minimum atomic E-state index is 0.0330. The molecule has 0 unspecified atom stereocenters. The van der Waals surface area contributed by atoms with Crippen molar-refractivity contribution < 1.29 is 9.47 Å². The van der Waals surface area contributed by atoms with Crippen molar-refractivity contribution in [2.45, 2.75) is 44.1 Å². The molecule has 0 N–H and O–H groups in total. The van der Waals surface area contributed by atoms with Gasteiger partial charge >= 0.3 is 0 Å². The Kier molecular flexibility index (Phi) is 2.24. The third-order valence-corrected chi connectivity index (χ3v) is 2.83. The Labute approximate surface area is 73.5 Å². The summed E-state index contributed by atoms with van der Waals surface area (Å²) in [5, 5.41) is 0. The molecule has 0 aromatic carbocycles. The second kappa shape index (κ2) is 3.38. The molecule has 0 saturated heterocycles. The van der Waals surface area contributed by atoms with Crippen molar-refractivity contribution in [3.63, 3.8) is 0 Å². The van der Waals surface area contributed by atoms with Gasteiger partial charge in [-0.05, 0) is 25.7 Å². The van der Waals surface area contributed by atoms with Crippen molar-refractivity contribution in [1.82, 2.24) is 0 Å². The van der Waals surface area contributed by atoms with Crippen LogP contribution in [-0.4, -0.2) is 12.2 Å². The van der Waals surface area contributed by atoms with Crippen LogP contribution >= 0.6 is 0 Å². The molecule has 0 bridgehead atoms. The van der Waals surface area contributed by atoms with Gasteiger partial charge in [-0.3, -0.25) is 0 Å². The normalized spacial score (nSPS) is 27.3. The smallest absolute Gasteiger partial charge is 0.142 e. The van der Waals surface area contributed by atoms with Gasteiger partial charge in [-0.1, -0.05) is 12.8 Å². The molecule has 2 rings (SSSR count). The Balaban J connectivity index is 2.01. The first-order chi connectivity index (χ1) is 5.91. The maximum absolute atomic E-state index is 5.68. The van der Waals surface area contributed by atoms with Crippen LogP contribution in [0.4, 0.5) is 0 Å². The van der Waals surface area contributed by atoms with Gasteiger partial charge in [0.2, 0.25) is 0 Å². The van der Waals surface area contributed by atoms with Crippen LogP contribution in [0.3, 0.4) is 0 Å². The summed E-state index contributed by atoms with van der Waals surface area (Å²) in [6.45, 7) is 0.753. The summed E-state index contributed by atoms with van der Waals surface area (Å²) >= 11 is 0. The zero-order valence-electron chi connectivity index (χ0n) is 7.42. The Morgan fingerprint density at radius 3 is 2.25 bits per heavy atom. The Morgan fingerprint density at radius 1 is 0.917 bits per heavy atom. The first-order valence-corrected chi connectivity index (χ1v) is 4.86. The minimum absolute atomic E-state index is 0.0330. The topological polar surface area (TPSA) is 18.5 Å². The predicted octanol–water partition coefficient (Wildman–Crippen LogP) is 2.60. The first-order valence-electron chi connectivity index (χ1n) is 4.86. The summed E-state index contributed by atoms with van der Waals surface area (Å²) in [4.78, 5) is 0. The third-order valence-electron chi connectivity index (χ3n) is 2.83. The second-order valence-electron chi connectivity index (χ2n) is 3.80. The van der Waals surface area contributed by atoms with Gasteiger partial charge in [0, 0.05) is 0 Å². The Morgan fingerprint density at radius 2 is 1.67 bits per heavy atom. The van der Waals surface area contributed by atoms with Crippen molar-refractivity contribution in [3.8, 4) is 0 Å². The lowest BCUT2D eigenvalue weighted by molar-refractivity contribution is -0.0677. The van der Waals surface area contributed by atoms with Gasteiger partial charge in [0.05, 0.1) is 0 Å². The second-order valence-corrected chi connectivity index (χ2v) is 3.80. The fourth-order valence-corrected chi connectivity index (χ4v) is 2.08. The average molecular weight is 168 g/mol. The van der Waals surface area contributed by atoms with Gasteiger partial charge < -0.3 is 9.47 Å². The molecule has 1 fully saturated rings. The van der Waals surface area contributed by atoms with E-state index in [4.69, 9.17) is 9.47 Å². The summed E-state index contributed by atoms with van der Waals surface area (Å²) in [5.74, 6) is 0. The molecular formula is C10H16O2. The minimum Gasteiger partial charge on any atom is -0.494 e. The lowest BCUT2D eigenvalue weighted by Crippen LogP contribution is -2.37. The van der Waals surface area contributed by atoms with Crippen molar-refractivity contribution in [3.05, 3.63) is 12.5 Å². The van der Waals surface area contributed by atoms with Gasteiger partial charge in [0.15, 0.2) is 0 Å². The summed E-state index contributed by atoms with van der Waals surface area (Å²) in [6, 6.07) is 0. The van der Waals surface area contributed by atoms with E-state index in [9.17, 15) is 0 Å². The predicted molar refractivity (Wildman–Crippen MR) is 46.6 cm³/mol. The third kappa shape index (κ3) is 1.57. The van der Waals surface area contributed by atoms with E-state index >= 15 is 0 Å². The molecule has 12 heavy (non-hydrogen) atoms. The van der Waals surface area contributed by atoms with Gasteiger partial charge in [-0.25, -0.2) is 0 Å². The van der Waals surface area contributed by atoms with Gasteiger partial charge in [-0.2, -0.15) is 0 Å². The molecule has 68 valence electrons. The van der Waals surface area contributed by atoms with Crippen molar-refractivity contribution in [2.24, 2.45) is 0 Å². The highest BCUT2D eigenvalue weighted by atomic mass is 16.6. The van der Waals surface area contributed by atoms with E-state index < -0.39 is 0 Å². The summed E-state index contributed by atoms with van der Waals surface area (Å²) < 4.78 is 11.0. The van der Waals surface area contributed by atoms with Crippen LogP contribution in [0.25, 0.3) is 0 Å². The van der Waals surface area contributed by atoms with E-state index in [-0.39, 0.29) is 5.60 Å². The summed E-state index contributed by atoms with van der Waals surface area (Å²) in [5.41, 5.74) is 0.0330. The molecule has 2 nitrogen and oxygen atoms in total. The SMILES string of the molecule is C1=COC2(CCCCCC2)CO1. The van der Waals surface area contributed by atoms with Crippen molar-refractivity contribution in [1.29, 1.82) is 0 Å². The highest BCUT2D eigenvalue weighted by molar-refractivity contribution is 4.89. The zero-order valence-corrected chi connectivity index (χ0v) is 7.42. The lowest BCUT2D eigenvalue weighted by atomic mass is 9.95. The molecule has 0 atom stereocenters. The quantitative estimate of drug-likeness (QED) is 0.553. The molecule has 1 heterocycles. The van der Waals surface area contributed by atoms with Crippen LogP contribution in [-0.2, 0) is 9.47 Å². The Hall–Kier alpha value is -0.660. The van der Waals surface area contributed by atoms with Crippen LogP contribution in [0, 0.1) is 0 Å². The maximum Gasteiger partial charge on any atom is 0.142 e. The molecule has 2 heteroatoms. The molecule has 0 amide bonds. The summed E-state index contributed by atoms with van der Waals surface area (Å²) in [6.07, 6.45) is 11.0. The van der Waals surface area contributed by atoms with E-state index in [1.54, 1.807) is 12.5 Å². The molecule has 1 aliphatic carbocycles.